The van der Waals surface area contributed by atoms with Crippen molar-refractivity contribution in [2.24, 2.45) is 0 Å². The van der Waals surface area contributed by atoms with Crippen molar-refractivity contribution in [2.45, 2.75) is 12.7 Å². The first kappa shape index (κ1) is 12.2. The highest BCUT2D eigenvalue weighted by molar-refractivity contribution is 5.13. The number of rotatable bonds is 7. The summed E-state index contributed by atoms with van der Waals surface area (Å²) in [5.41, 5.74) is 1.17. The number of benzene rings is 1. The van der Waals surface area contributed by atoms with Crippen molar-refractivity contribution in [3.63, 3.8) is 0 Å². The molecule has 1 atom stereocenters. The minimum atomic E-state index is 0.0127. The lowest BCUT2D eigenvalue weighted by molar-refractivity contribution is -0.0347. The van der Waals surface area contributed by atoms with E-state index in [2.05, 4.69) is 0 Å². The average molecular weight is 210 g/mol. The van der Waals surface area contributed by atoms with E-state index in [0.29, 0.717) is 19.8 Å². The summed E-state index contributed by atoms with van der Waals surface area (Å²) in [5, 5.41) is 0. The Hall–Kier alpha value is -0.900. The van der Waals surface area contributed by atoms with Gasteiger partial charge >= 0.3 is 0 Å². The molecular formula is C12H18O3. The third kappa shape index (κ3) is 4.93. The molecule has 0 aliphatic heterocycles. The van der Waals surface area contributed by atoms with E-state index >= 15 is 0 Å². The Bertz CT molecular complexity index is 248. The van der Waals surface area contributed by atoms with Crippen molar-refractivity contribution in [3.8, 4) is 0 Å². The van der Waals surface area contributed by atoms with Crippen LogP contribution in [0.4, 0.5) is 0 Å². The lowest BCUT2D eigenvalue weighted by Crippen LogP contribution is -2.23. The fraction of sp³-hybridized carbons (Fsp3) is 0.500. The topological polar surface area (TPSA) is 27.7 Å². The van der Waals surface area contributed by atoms with Gasteiger partial charge in [0, 0.05) is 14.2 Å². The Kier molecular flexibility index (Phi) is 6.00. The minimum Gasteiger partial charge on any atom is -0.382 e. The molecule has 1 aromatic carbocycles. The highest BCUT2D eigenvalue weighted by Crippen LogP contribution is 2.01. The molecule has 0 heterocycles. The summed E-state index contributed by atoms with van der Waals surface area (Å²) in [6, 6.07) is 10.1. The Labute approximate surface area is 91.0 Å². The second-order valence-electron chi connectivity index (χ2n) is 3.31. The number of methoxy groups -OCH3 is 2. The van der Waals surface area contributed by atoms with E-state index in [0.717, 1.165) is 0 Å². The van der Waals surface area contributed by atoms with Gasteiger partial charge in [-0.05, 0) is 5.56 Å². The Morgan fingerprint density at radius 1 is 1.07 bits per heavy atom. The average Bonchev–Trinajstić information content (AvgIpc) is 2.29. The van der Waals surface area contributed by atoms with Crippen molar-refractivity contribution in [2.75, 3.05) is 27.4 Å². The molecule has 0 aromatic heterocycles. The summed E-state index contributed by atoms with van der Waals surface area (Å²) < 4.78 is 15.7. The molecule has 0 aliphatic carbocycles. The molecule has 0 unspecified atom stereocenters. The zero-order valence-corrected chi connectivity index (χ0v) is 9.31. The predicted molar refractivity (Wildman–Crippen MR) is 58.8 cm³/mol. The monoisotopic (exact) mass is 210 g/mol. The van der Waals surface area contributed by atoms with Crippen molar-refractivity contribution < 1.29 is 14.2 Å². The van der Waals surface area contributed by atoms with Crippen molar-refractivity contribution in [1.82, 2.24) is 0 Å². The van der Waals surface area contributed by atoms with Gasteiger partial charge in [0.1, 0.15) is 6.10 Å². The van der Waals surface area contributed by atoms with Crippen LogP contribution < -0.4 is 0 Å². The molecule has 0 amide bonds. The van der Waals surface area contributed by atoms with Crippen LogP contribution in [0.5, 0.6) is 0 Å². The van der Waals surface area contributed by atoms with Gasteiger partial charge in [0.25, 0.3) is 0 Å². The predicted octanol–water partition coefficient (Wildman–Crippen LogP) is 1.86. The van der Waals surface area contributed by atoms with E-state index in [4.69, 9.17) is 14.2 Å². The zero-order chi connectivity index (χ0) is 10.9. The van der Waals surface area contributed by atoms with Crippen molar-refractivity contribution in [1.29, 1.82) is 0 Å². The highest BCUT2D eigenvalue weighted by Gasteiger charge is 2.06. The Morgan fingerprint density at radius 3 is 2.40 bits per heavy atom. The second-order valence-corrected chi connectivity index (χ2v) is 3.31. The molecule has 0 spiro atoms. The first-order valence-corrected chi connectivity index (χ1v) is 5.00. The van der Waals surface area contributed by atoms with Crippen LogP contribution in [0.15, 0.2) is 30.3 Å². The third-order valence-corrected chi connectivity index (χ3v) is 2.10. The fourth-order valence-corrected chi connectivity index (χ4v) is 1.25. The van der Waals surface area contributed by atoms with Gasteiger partial charge < -0.3 is 14.2 Å². The molecule has 0 saturated heterocycles. The van der Waals surface area contributed by atoms with Crippen LogP contribution in [0.25, 0.3) is 0 Å². The molecule has 15 heavy (non-hydrogen) atoms. The molecule has 3 heteroatoms. The Morgan fingerprint density at radius 2 is 1.80 bits per heavy atom. The van der Waals surface area contributed by atoms with E-state index in [1.165, 1.54) is 5.56 Å². The van der Waals surface area contributed by atoms with E-state index in [1.54, 1.807) is 14.2 Å². The lowest BCUT2D eigenvalue weighted by Gasteiger charge is -2.14. The maximum atomic E-state index is 5.52. The SMILES string of the molecule is COC[C@@H](COCc1ccccc1)OC. The molecule has 1 aromatic rings. The van der Waals surface area contributed by atoms with Crippen LogP contribution in [0.3, 0.4) is 0 Å². The molecule has 1 rings (SSSR count). The standard InChI is InChI=1S/C12H18O3/c1-13-9-12(14-2)10-15-8-11-6-4-3-5-7-11/h3-7,12H,8-10H2,1-2H3/t12-/m0/s1. The first-order chi connectivity index (χ1) is 7.36. The van der Waals surface area contributed by atoms with Crippen LogP contribution in [-0.2, 0) is 20.8 Å². The van der Waals surface area contributed by atoms with Crippen LogP contribution in [0.2, 0.25) is 0 Å². The van der Waals surface area contributed by atoms with Gasteiger partial charge in [-0.15, -0.1) is 0 Å². The van der Waals surface area contributed by atoms with E-state index in [1.807, 2.05) is 30.3 Å². The molecule has 0 N–H and O–H groups in total. The molecule has 0 bridgehead atoms. The van der Waals surface area contributed by atoms with Gasteiger partial charge in [0.15, 0.2) is 0 Å². The van der Waals surface area contributed by atoms with Crippen LogP contribution >= 0.6 is 0 Å². The number of hydrogen-bond acceptors (Lipinski definition) is 3. The molecule has 0 fully saturated rings. The summed E-state index contributed by atoms with van der Waals surface area (Å²) in [5.74, 6) is 0. The van der Waals surface area contributed by atoms with E-state index in [9.17, 15) is 0 Å². The van der Waals surface area contributed by atoms with Gasteiger partial charge in [0.2, 0.25) is 0 Å². The van der Waals surface area contributed by atoms with Gasteiger partial charge in [-0.2, -0.15) is 0 Å². The van der Waals surface area contributed by atoms with Gasteiger partial charge in [-0.3, -0.25) is 0 Å². The van der Waals surface area contributed by atoms with Crippen molar-refractivity contribution >= 4 is 0 Å². The lowest BCUT2D eigenvalue weighted by atomic mass is 10.2. The number of ether oxygens (including phenoxy) is 3. The first-order valence-electron chi connectivity index (χ1n) is 5.00. The molecule has 3 nitrogen and oxygen atoms in total. The normalized spacial score (nSPS) is 12.7. The molecule has 0 aliphatic rings. The van der Waals surface area contributed by atoms with Crippen LogP contribution in [-0.4, -0.2) is 33.5 Å². The largest absolute Gasteiger partial charge is 0.382 e. The maximum absolute atomic E-state index is 5.52. The van der Waals surface area contributed by atoms with Gasteiger partial charge in [-0.25, -0.2) is 0 Å². The second kappa shape index (κ2) is 7.40. The Balaban J connectivity index is 2.20. The van der Waals surface area contributed by atoms with E-state index in [-0.39, 0.29) is 6.10 Å². The molecular weight excluding hydrogens is 192 g/mol. The molecule has 0 radical (unpaired) electrons. The zero-order valence-electron chi connectivity index (χ0n) is 9.31. The number of hydrogen-bond donors (Lipinski definition) is 0. The minimum absolute atomic E-state index is 0.0127. The molecule has 0 saturated carbocycles. The summed E-state index contributed by atoms with van der Waals surface area (Å²) in [4.78, 5) is 0. The summed E-state index contributed by atoms with van der Waals surface area (Å²) in [7, 11) is 3.32. The summed E-state index contributed by atoms with van der Waals surface area (Å²) in [6.45, 7) is 1.73. The van der Waals surface area contributed by atoms with E-state index < -0.39 is 0 Å². The summed E-state index contributed by atoms with van der Waals surface area (Å²) in [6.07, 6.45) is 0.0127. The maximum Gasteiger partial charge on any atom is 0.104 e. The van der Waals surface area contributed by atoms with Gasteiger partial charge in [-0.1, -0.05) is 30.3 Å². The molecule has 84 valence electrons. The summed E-state index contributed by atoms with van der Waals surface area (Å²) >= 11 is 0. The highest BCUT2D eigenvalue weighted by atomic mass is 16.5. The van der Waals surface area contributed by atoms with Crippen LogP contribution in [0, 0.1) is 0 Å². The fourth-order valence-electron chi connectivity index (χ4n) is 1.25. The van der Waals surface area contributed by atoms with Gasteiger partial charge in [0.05, 0.1) is 19.8 Å². The smallest absolute Gasteiger partial charge is 0.104 e. The quantitative estimate of drug-likeness (QED) is 0.687. The third-order valence-electron chi connectivity index (χ3n) is 2.10. The van der Waals surface area contributed by atoms with Crippen LogP contribution in [0.1, 0.15) is 5.56 Å². The van der Waals surface area contributed by atoms with Crippen molar-refractivity contribution in [3.05, 3.63) is 35.9 Å².